The van der Waals surface area contributed by atoms with Crippen molar-refractivity contribution in [3.63, 3.8) is 0 Å². The highest BCUT2D eigenvalue weighted by molar-refractivity contribution is 7.99. The van der Waals surface area contributed by atoms with E-state index in [2.05, 4.69) is 9.72 Å². The van der Waals surface area contributed by atoms with E-state index in [1.165, 1.54) is 31.0 Å². The number of esters is 1. The van der Waals surface area contributed by atoms with Crippen LogP contribution in [0.25, 0.3) is 0 Å². The molecule has 0 N–H and O–H groups in total. The fourth-order valence-electron chi connectivity index (χ4n) is 1.80. The number of hydrogen-bond donors (Lipinski definition) is 0. The number of halogens is 1. The second-order valence-corrected chi connectivity index (χ2v) is 6.11. The smallest absolute Gasteiger partial charge is 0.306 e. The van der Waals surface area contributed by atoms with Gasteiger partial charge in [0.25, 0.3) is 0 Å². The minimum absolute atomic E-state index is 0.0618. The molecule has 1 aliphatic carbocycles. The van der Waals surface area contributed by atoms with Gasteiger partial charge in [0.05, 0.1) is 18.5 Å². The largest absolute Gasteiger partial charge is 0.469 e. The second-order valence-electron chi connectivity index (χ2n) is 4.76. The molecule has 20 heavy (non-hydrogen) atoms. The Kier molecular flexibility index (Phi) is 4.49. The van der Waals surface area contributed by atoms with Crippen LogP contribution in [0.2, 0.25) is 5.15 Å². The molecule has 1 aromatic heterocycles. The monoisotopic (exact) mass is 316 g/mol. The van der Waals surface area contributed by atoms with Crippen molar-refractivity contribution in [3.8, 4) is 0 Å². The van der Waals surface area contributed by atoms with Gasteiger partial charge in [-0.15, -0.1) is 0 Å². The van der Waals surface area contributed by atoms with Crippen molar-refractivity contribution in [3.05, 3.63) is 27.4 Å². The van der Waals surface area contributed by atoms with E-state index in [1.807, 2.05) is 0 Å². The molecule has 0 bridgehead atoms. The zero-order chi connectivity index (χ0) is 14.8. The Morgan fingerprint density at radius 1 is 1.60 bits per heavy atom. The Labute approximate surface area is 125 Å². The molecule has 0 atom stereocenters. The summed E-state index contributed by atoms with van der Waals surface area (Å²) < 4.78 is 4.67. The van der Waals surface area contributed by atoms with E-state index in [1.54, 1.807) is 0 Å². The van der Waals surface area contributed by atoms with Gasteiger partial charge in [-0.3, -0.25) is 14.9 Å². The zero-order valence-electron chi connectivity index (χ0n) is 10.8. The maximum Gasteiger partial charge on any atom is 0.306 e. The van der Waals surface area contributed by atoms with E-state index in [9.17, 15) is 14.9 Å². The third-order valence-electron chi connectivity index (χ3n) is 3.22. The number of thioether (sulfide) groups is 1. The number of hydrogen-bond acceptors (Lipinski definition) is 6. The number of nitro groups is 1. The summed E-state index contributed by atoms with van der Waals surface area (Å²) in [6.45, 7) is 0. The molecule has 0 aliphatic heterocycles. The van der Waals surface area contributed by atoms with Crippen molar-refractivity contribution in [1.29, 1.82) is 0 Å². The third-order valence-corrected chi connectivity index (χ3v) is 4.76. The molecule has 6 nitrogen and oxygen atoms in total. The number of carbonyl (C=O) groups is 1. The number of nitrogens with zero attached hydrogens (tertiary/aromatic N) is 2. The van der Waals surface area contributed by atoms with Gasteiger partial charge in [0.1, 0.15) is 5.15 Å². The van der Waals surface area contributed by atoms with Gasteiger partial charge in [-0.1, -0.05) is 23.4 Å². The molecule has 1 saturated carbocycles. The molecule has 1 heterocycles. The Morgan fingerprint density at radius 2 is 2.30 bits per heavy atom. The molecule has 108 valence electrons. The van der Waals surface area contributed by atoms with Crippen LogP contribution < -0.4 is 0 Å². The molecule has 0 unspecified atom stereocenters. The first-order valence-electron chi connectivity index (χ1n) is 5.96. The van der Waals surface area contributed by atoms with Crippen molar-refractivity contribution in [2.45, 2.75) is 24.3 Å². The summed E-state index contributed by atoms with van der Waals surface area (Å²) in [6.07, 6.45) is 2.18. The molecule has 1 aliphatic rings. The molecule has 0 saturated heterocycles. The molecule has 0 spiro atoms. The van der Waals surface area contributed by atoms with Crippen LogP contribution in [0.1, 0.15) is 19.3 Å². The summed E-state index contributed by atoms with van der Waals surface area (Å²) >= 11 is 7.04. The van der Waals surface area contributed by atoms with Crippen LogP contribution in [0.3, 0.4) is 0 Å². The molecule has 8 heteroatoms. The van der Waals surface area contributed by atoms with Gasteiger partial charge in [0.2, 0.25) is 0 Å². The highest BCUT2D eigenvalue weighted by atomic mass is 35.5. The van der Waals surface area contributed by atoms with Crippen LogP contribution in [-0.4, -0.2) is 28.7 Å². The van der Waals surface area contributed by atoms with Crippen molar-refractivity contribution >= 4 is 35.0 Å². The number of aromatic nitrogens is 1. The molecule has 2 rings (SSSR count). The molecular weight excluding hydrogens is 304 g/mol. The quantitative estimate of drug-likeness (QED) is 0.264. The second kappa shape index (κ2) is 5.97. The first-order chi connectivity index (χ1) is 9.46. The van der Waals surface area contributed by atoms with E-state index < -0.39 is 4.92 Å². The van der Waals surface area contributed by atoms with Crippen molar-refractivity contribution in [2.75, 3.05) is 12.9 Å². The molecular formula is C12H13ClN2O4S. The number of methoxy groups -OCH3 is 1. The van der Waals surface area contributed by atoms with Gasteiger partial charge in [-0.25, -0.2) is 4.98 Å². The highest BCUT2D eigenvalue weighted by Gasteiger charge is 2.45. The number of rotatable bonds is 6. The van der Waals surface area contributed by atoms with Crippen LogP contribution in [-0.2, 0) is 9.53 Å². The van der Waals surface area contributed by atoms with Gasteiger partial charge >= 0.3 is 11.7 Å². The minimum atomic E-state index is -0.481. The van der Waals surface area contributed by atoms with Crippen LogP contribution in [0.5, 0.6) is 0 Å². The Balaban J connectivity index is 2.06. The van der Waals surface area contributed by atoms with Crippen LogP contribution in [0.4, 0.5) is 5.69 Å². The van der Waals surface area contributed by atoms with Crippen molar-refractivity contribution < 1.29 is 14.5 Å². The minimum Gasteiger partial charge on any atom is -0.469 e. The number of pyridine rings is 1. The predicted octanol–water partition coefficient (Wildman–Crippen LogP) is 3.08. The van der Waals surface area contributed by atoms with Crippen LogP contribution in [0.15, 0.2) is 17.2 Å². The predicted molar refractivity (Wildman–Crippen MR) is 74.9 cm³/mol. The summed E-state index contributed by atoms with van der Waals surface area (Å²) in [5, 5.41) is 11.4. The van der Waals surface area contributed by atoms with E-state index in [-0.39, 0.29) is 22.2 Å². The maximum absolute atomic E-state index is 11.3. The number of ether oxygens (including phenoxy) is 1. The maximum atomic E-state index is 11.3. The topological polar surface area (TPSA) is 82.3 Å². The zero-order valence-corrected chi connectivity index (χ0v) is 12.4. The van der Waals surface area contributed by atoms with E-state index in [0.29, 0.717) is 17.2 Å². The Morgan fingerprint density at radius 3 is 2.85 bits per heavy atom. The first-order valence-corrected chi connectivity index (χ1v) is 7.33. The van der Waals surface area contributed by atoms with E-state index >= 15 is 0 Å². The average Bonchev–Trinajstić information content (AvgIpc) is 3.16. The summed E-state index contributed by atoms with van der Waals surface area (Å²) in [5.74, 6) is 0.340. The summed E-state index contributed by atoms with van der Waals surface area (Å²) in [4.78, 5) is 25.8. The Bertz CT molecular complexity index is 548. The molecule has 1 aromatic rings. The van der Waals surface area contributed by atoms with Gasteiger partial charge in [-0.2, -0.15) is 0 Å². The molecule has 0 radical (unpaired) electrons. The normalized spacial score (nSPS) is 15.7. The van der Waals surface area contributed by atoms with Crippen LogP contribution in [0, 0.1) is 15.5 Å². The SMILES string of the molecule is COC(=O)CC1(CSc2nc(Cl)ccc2[N+](=O)[O-])CC1. The van der Waals surface area contributed by atoms with Crippen LogP contribution >= 0.6 is 23.4 Å². The fourth-order valence-corrected chi connectivity index (χ4v) is 3.29. The number of carbonyl (C=O) groups excluding carboxylic acids is 1. The first kappa shape index (κ1) is 15.1. The highest BCUT2D eigenvalue weighted by Crippen LogP contribution is 2.52. The lowest BCUT2D eigenvalue weighted by molar-refractivity contribution is -0.388. The van der Waals surface area contributed by atoms with Gasteiger partial charge < -0.3 is 4.74 Å². The molecule has 1 fully saturated rings. The third kappa shape index (κ3) is 3.61. The van der Waals surface area contributed by atoms with Crippen molar-refractivity contribution in [1.82, 2.24) is 4.98 Å². The van der Waals surface area contributed by atoms with Gasteiger partial charge in [0.15, 0.2) is 5.03 Å². The fraction of sp³-hybridized carbons (Fsp3) is 0.500. The summed E-state index contributed by atoms with van der Waals surface area (Å²) in [7, 11) is 1.36. The Hall–Kier alpha value is -1.34. The molecule has 0 amide bonds. The van der Waals surface area contributed by atoms with E-state index in [4.69, 9.17) is 11.6 Å². The standard InChI is InChI=1S/C12H13ClN2O4S/c1-19-10(16)6-12(4-5-12)7-20-11-8(15(17)18)2-3-9(13)14-11/h2-3H,4-7H2,1H3. The average molecular weight is 317 g/mol. The van der Waals surface area contributed by atoms with Gasteiger partial charge in [0, 0.05) is 11.8 Å². The lowest BCUT2D eigenvalue weighted by Gasteiger charge is -2.12. The van der Waals surface area contributed by atoms with E-state index in [0.717, 1.165) is 12.8 Å². The summed E-state index contributed by atoms with van der Waals surface area (Å²) in [5.41, 5.74) is -0.177. The lowest BCUT2D eigenvalue weighted by Crippen LogP contribution is -2.13. The molecule has 0 aromatic carbocycles. The summed E-state index contributed by atoms with van der Waals surface area (Å²) in [6, 6.07) is 2.74. The van der Waals surface area contributed by atoms with Crippen molar-refractivity contribution in [2.24, 2.45) is 5.41 Å². The lowest BCUT2D eigenvalue weighted by atomic mass is 10.1. The van der Waals surface area contributed by atoms with Gasteiger partial charge in [-0.05, 0) is 24.3 Å².